The third-order valence-corrected chi connectivity index (χ3v) is 11.8. The van der Waals surface area contributed by atoms with Crippen molar-refractivity contribution in [3.8, 4) is 28.3 Å². The van der Waals surface area contributed by atoms with Crippen LogP contribution in [0.4, 0.5) is 17.1 Å². The second-order valence-electron chi connectivity index (χ2n) is 15.1. The summed E-state index contributed by atoms with van der Waals surface area (Å²) in [5.74, 6) is 0.599. The van der Waals surface area contributed by atoms with E-state index in [0.29, 0.717) is 5.89 Å². The maximum Gasteiger partial charge on any atom is 0.228 e. The van der Waals surface area contributed by atoms with Crippen LogP contribution in [0.25, 0.3) is 93.5 Å². The minimum Gasteiger partial charge on any atom is -0.434 e. The number of nitrogens with zero attached hydrogens (tertiary/aromatic N) is 3. The maximum atomic E-state index is 6.94. The topological polar surface area (TPSA) is 34.2 Å². The predicted octanol–water partition coefficient (Wildman–Crippen LogP) is 15.2. The average Bonchev–Trinajstić information content (AvgIpc) is 3.90. The summed E-state index contributed by atoms with van der Waals surface area (Å²) in [6.07, 6.45) is 0. The van der Waals surface area contributed by atoms with Crippen LogP contribution >= 0.6 is 0 Å². The van der Waals surface area contributed by atoms with Crippen molar-refractivity contribution in [2.75, 3.05) is 4.90 Å². The van der Waals surface area contributed by atoms with Gasteiger partial charge in [-0.3, -0.25) is 0 Å². The van der Waals surface area contributed by atoms with Gasteiger partial charge in [0.2, 0.25) is 5.89 Å². The molecule has 4 heteroatoms. The molecule has 0 bridgehead atoms. The summed E-state index contributed by atoms with van der Waals surface area (Å²) >= 11 is 0. The molecule has 0 aliphatic rings. The van der Waals surface area contributed by atoms with E-state index < -0.39 is 0 Å². The van der Waals surface area contributed by atoms with Crippen LogP contribution in [0.3, 0.4) is 0 Å². The molecular weight excluding hydrogens is 719 g/mol. The van der Waals surface area contributed by atoms with E-state index in [0.717, 1.165) is 61.0 Å². The van der Waals surface area contributed by atoms with E-state index in [1.165, 1.54) is 43.7 Å². The van der Waals surface area contributed by atoms with Gasteiger partial charge in [-0.2, -0.15) is 0 Å². The molecule has 2 aromatic heterocycles. The molecule has 0 N–H and O–H groups in total. The van der Waals surface area contributed by atoms with Gasteiger partial charge in [0.05, 0.1) is 22.4 Å². The lowest BCUT2D eigenvalue weighted by Gasteiger charge is -2.27. The fraction of sp³-hybridized carbons (Fsp3) is 0. The van der Waals surface area contributed by atoms with E-state index in [-0.39, 0.29) is 0 Å². The Bertz CT molecular complexity index is 3560. The molecule has 0 amide bonds. The quantitative estimate of drug-likeness (QED) is 0.170. The summed E-state index contributed by atoms with van der Waals surface area (Å²) in [6.45, 7) is 0. The van der Waals surface area contributed by atoms with Crippen molar-refractivity contribution in [2.24, 2.45) is 0 Å². The van der Waals surface area contributed by atoms with E-state index in [9.17, 15) is 0 Å². The molecule has 0 unspecified atom stereocenters. The van der Waals surface area contributed by atoms with E-state index in [4.69, 9.17) is 9.40 Å². The van der Waals surface area contributed by atoms with Gasteiger partial charge in [-0.15, -0.1) is 0 Å². The number of para-hydroxylation sites is 3. The molecule has 0 aliphatic heterocycles. The van der Waals surface area contributed by atoms with Gasteiger partial charge >= 0.3 is 0 Å². The fourth-order valence-electron chi connectivity index (χ4n) is 9.06. The molecule has 0 atom stereocenters. The molecule has 0 spiro atoms. The summed E-state index contributed by atoms with van der Waals surface area (Å²) < 4.78 is 9.36. The molecule has 0 fully saturated rings. The van der Waals surface area contributed by atoms with Gasteiger partial charge in [-0.05, 0) is 93.3 Å². The highest BCUT2D eigenvalue weighted by molar-refractivity contribution is 6.23. The smallest absolute Gasteiger partial charge is 0.228 e. The molecular formula is C55H35N3O. The van der Waals surface area contributed by atoms with Crippen LogP contribution in [-0.4, -0.2) is 9.55 Å². The lowest BCUT2D eigenvalue weighted by molar-refractivity contribution is 0.621. The molecule has 0 radical (unpaired) electrons. The number of rotatable bonds is 6. The first-order valence-corrected chi connectivity index (χ1v) is 20.0. The molecule has 2 heterocycles. The first-order chi connectivity index (χ1) is 29.3. The minimum absolute atomic E-state index is 0.599. The van der Waals surface area contributed by atoms with E-state index >= 15 is 0 Å². The first-order valence-electron chi connectivity index (χ1n) is 20.0. The summed E-state index contributed by atoms with van der Waals surface area (Å²) in [5, 5.41) is 9.26. The molecule has 59 heavy (non-hydrogen) atoms. The van der Waals surface area contributed by atoms with Gasteiger partial charge in [0.25, 0.3) is 0 Å². The van der Waals surface area contributed by atoms with E-state index in [1.54, 1.807) is 0 Å². The zero-order valence-electron chi connectivity index (χ0n) is 32.0. The Hall–Kier alpha value is -7.95. The molecule has 12 rings (SSSR count). The fourth-order valence-corrected chi connectivity index (χ4v) is 9.06. The Morgan fingerprint density at radius 1 is 0.424 bits per heavy atom. The standard InChI is InChI=1S/C55H35N3O/c1-3-15-36(16-4-1)38-29-30-40-34-42(32-31-39(40)33-38)57(51-28-14-26-49-54(51)59-55(56-49)47-25-13-18-37-17-7-8-21-43(37)47)52-35-48-45-23-11-12-27-50(45)58(41-19-5-2-6-20-41)53(48)46-24-10-9-22-44(46)52/h1-35H. The number of fused-ring (bicyclic) bond motifs is 8. The van der Waals surface area contributed by atoms with Crippen molar-refractivity contribution in [3.05, 3.63) is 212 Å². The third-order valence-electron chi connectivity index (χ3n) is 11.8. The predicted molar refractivity (Wildman–Crippen MR) is 246 cm³/mol. The second-order valence-corrected chi connectivity index (χ2v) is 15.1. The molecule has 12 aromatic rings. The van der Waals surface area contributed by atoms with Crippen LogP contribution < -0.4 is 4.90 Å². The molecule has 276 valence electrons. The second kappa shape index (κ2) is 13.3. The Labute approximate surface area is 340 Å². The SMILES string of the molecule is c1ccc(-c2ccc3cc(N(c4cc5c6ccccc6n(-c6ccccc6)c5c5ccccc45)c4cccc5nc(-c6cccc7ccccc67)oc45)ccc3c2)cc1. The number of benzene rings is 10. The van der Waals surface area contributed by atoms with Crippen molar-refractivity contribution in [1.82, 2.24) is 9.55 Å². The Balaban J connectivity index is 1.15. The molecule has 0 saturated carbocycles. The van der Waals surface area contributed by atoms with Crippen molar-refractivity contribution in [3.63, 3.8) is 0 Å². The summed E-state index contributed by atoms with van der Waals surface area (Å²) in [7, 11) is 0. The first kappa shape index (κ1) is 33.2. The van der Waals surface area contributed by atoms with Gasteiger partial charge < -0.3 is 13.9 Å². The lowest BCUT2D eigenvalue weighted by atomic mass is 9.99. The van der Waals surface area contributed by atoms with Crippen LogP contribution in [-0.2, 0) is 0 Å². The molecule has 0 saturated heterocycles. The monoisotopic (exact) mass is 753 g/mol. The summed E-state index contributed by atoms with van der Waals surface area (Å²) in [4.78, 5) is 7.52. The highest BCUT2D eigenvalue weighted by Gasteiger charge is 2.25. The Kier molecular flexibility index (Phi) is 7.50. The number of anilines is 3. The Morgan fingerprint density at radius 3 is 1.97 bits per heavy atom. The highest BCUT2D eigenvalue weighted by atomic mass is 16.3. The number of hydrogen-bond acceptors (Lipinski definition) is 3. The maximum absolute atomic E-state index is 6.94. The zero-order chi connectivity index (χ0) is 38.9. The molecule has 0 aliphatic carbocycles. The van der Waals surface area contributed by atoms with E-state index in [1.807, 2.05) is 0 Å². The van der Waals surface area contributed by atoms with E-state index in [2.05, 4.69) is 222 Å². The Morgan fingerprint density at radius 2 is 1.10 bits per heavy atom. The molecule has 10 aromatic carbocycles. The van der Waals surface area contributed by atoms with Gasteiger partial charge in [0.1, 0.15) is 5.52 Å². The number of aromatic nitrogens is 2. The van der Waals surface area contributed by atoms with Gasteiger partial charge in [0, 0.05) is 38.5 Å². The van der Waals surface area contributed by atoms with Crippen LogP contribution in [0.2, 0.25) is 0 Å². The van der Waals surface area contributed by atoms with Crippen molar-refractivity contribution in [1.29, 1.82) is 0 Å². The van der Waals surface area contributed by atoms with Crippen molar-refractivity contribution in [2.45, 2.75) is 0 Å². The van der Waals surface area contributed by atoms with Gasteiger partial charge in [-0.25, -0.2) is 4.98 Å². The largest absolute Gasteiger partial charge is 0.434 e. The molecule has 4 nitrogen and oxygen atoms in total. The van der Waals surface area contributed by atoms with Gasteiger partial charge in [-0.1, -0.05) is 152 Å². The minimum atomic E-state index is 0.599. The number of oxazole rings is 1. The summed E-state index contributed by atoms with van der Waals surface area (Å²) in [6, 6.07) is 75.7. The normalized spacial score (nSPS) is 11.7. The third kappa shape index (κ3) is 5.34. The van der Waals surface area contributed by atoms with Crippen molar-refractivity contribution < 1.29 is 4.42 Å². The van der Waals surface area contributed by atoms with Crippen LogP contribution in [0.5, 0.6) is 0 Å². The lowest BCUT2D eigenvalue weighted by Crippen LogP contribution is -2.11. The summed E-state index contributed by atoms with van der Waals surface area (Å²) in [5.41, 5.74) is 11.4. The highest BCUT2D eigenvalue weighted by Crippen LogP contribution is 2.48. The van der Waals surface area contributed by atoms with Crippen LogP contribution in [0, 0.1) is 0 Å². The van der Waals surface area contributed by atoms with Crippen LogP contribution in [0.15, 0.2) is 217 Å². The average molecular weight is 754 g/mol. The van der Waals surface area contributed by atoms with Crippen LogP contribution in [0.1, 0.15) is 0 Å². The van der Waals surface area contributed by atoms with Crippen molar-refractivity contribution >= 4 is 82.3 Å². The van der Waals surface area contributed by atoms with Gasteiger partial charge in [0.15, 0.2) is 5.58 Å². The number of hydrogen-bond donors (Lipinski definition) is 0. The zero-order valence-corrected chi connectivity index (χ0v) is 32.0.